The predicted octanol–water partition coefficient (Wildman–Crippen LogP) is 4.04. The van der Waals surface area contributed by atoms with Gasteiger partial charge in [-0.1, -0.05) is 12.1 Å². The molecule has 0 amide bonds. The second kappa shape index (κ2) is 9.76. The molecule has 4 aliphatic heterocycles. The van der Waals surface area contributed by atoms with E-state index in [9.17, 15) is 0 Å². The Morgan fingerprint density at radius 1 is 0.556 bits per heavy atom. The summed E-state index contributed by atoms with van der Waals surface area (Å²) in [5.74, 6) is 2.85. The monoisotopic (exact) mass is 488 g/mol. The molecule has 0 atom stereocenters. The smallest absolute Gasteiger partial charge is 0.216 e. The maximum Gasteiger partial charge on any atom is 0.216 e. The molecule has 0 saturated carbocycles. The molecule has 4 heterocycles. The van der Waals surface area contributed by atoms with Crippen LogP contribution in [0.2, 0.25) is 0 Å². The van der Waals surface area contributed by atoms with E-state index in [0.717, 1.165) is 47.1 Å². The molecule has 6 rings (SSSR count). The average Bonchev–Trinajstić information content (AvgIpc) is 3.67. The van der Waals surface area contributed by atoms with Crippen molar-refractivity contribution >= 4 is 23.6 Å². The van der Waals surface area contributed by atoms with Gasteiger partial charge in [0.05, 0.1) is 24.2 Å². The Balaban J connectivity index is 0.000000152. The summed E-state index contributed by atoms with van der Waals surface area (Å²) in [4.78, 5) is 17.8. The van der Waals surface area contributed by atoms with E-state index in [2.05, 4.69) is 47.7 Å². The zero-order valence-corrected chi connectivity index (χ0v) is 21.3. The van der Waals surface area contributed by atoms with E-state index in [1.807, 2.05) is 48.5 Å². The number of hydrogen-bond acceptors (Lipinski definition) is 8. The molecule has 0 bridgehead atoms. The summed E-state index contributed by atoms with van der Waals surface area (Å²) in [5, 5.41) is 0. The number of aliphatic imine (C=N–C) groups is 4. The SMILES string of the molecule is CC1(C)COC(c2cccc(C3=NC(C)(C)CO3)c2)=N1.c1cc(C2=NCCO2)cc(C2=NCCO2)c1. The van der Waals surface area contributed by atoms with Crippen LogP contribution in [0.5, 0.6) is 0 Å². The normalized spacial score (nSPS) is 21.0. The molecule has 0 saturated heterocycles. The van der Waals surface area contributed by atoms with Crippen LogP contribution in [0.3, 0.4) is 0 Å². The summed E-state index contributed by atoms with van der Waals surface area (Å²) in [6.07, 6.45) is 0. The molecule has 4 aliphatic rings. The standard InChI is InChI=1S/C16H20N2O2.C12H12N2O2/c1-15(2)9-19-13(17-15)11-6-5-7-12(8-11)14-18-16(3,4)10-20-14;1-2-9(11-13-4-6-15-11)8-10(3-1)12-14-5-7-16-12/h5-8H,9-10H2,1-4H3;1-3,8H,4-7H2. The number of benzene rings is 2. The zero-order chi connectivity index (χ0) is 25.2. The average molecular weight is 489 g/mol. The van der Waals surface area contributed by atoms with Crippen molar-refractivity contribution in [2.24, 2.45) is 20.0 Å². The lowest BCUT2D eigenvalue weighted by Crippen LogP contribution is -2.17. The highest BCUT2D eigenvalue weighted by atomic mass is 16.5. The Morgan fingerprint density at radius 2 is 0.944 bits per heavy atom. The minimum Gasteiger partial charge on any atom is -0.476 e. The first kappa shape index (κ1) is 24.0. The van der Waals surface area contributed by atoms with E-state index in [4.69, 9.17) is 18.9 Å². The van der Waals surface area contributed by atoms with Crippen LogP contribution in [0.1, 0.15) is 49.9 Å². The van der Waals surface area contributed by atoms with Gasteiger partial charge < -0.3 is 18.9 Å². The fourth-order valence-corrected chi connectivity index (χ4v) is 4.05. The first-order valence-electron chi connectivity index (χ1n) is 12.3. The van der Waals surface area contributed by atoms with Gasteiger partial charge in [0.1, 0.15) is 26.4 Å². The van der Waals surface area contributed by atoms with Crippen LogP contribution in [-0.2, 0) is 18.9 Å². The fourth-order valence-electron chi connectivity index (χ4n) is 4.05. The van der Waals surface area contributed by atoms with Crippen molar-refractivity contribution in [2.45, 2.75) is 38.8 Å². The lowest BCUT2D eigenvalue weighted by Gasteiger charge is -2.07. The summed E-state index contributed by atoms with van der Waals surface area (Å²) in [7, 11) is 0. The third-order valence-electron chi connectivity index (χ3n) is 5.82. The maximum absolute atomic E-state index is 5.68. The molecule has 188 valence electrons. The van der Waals surface area contributed by atoms with E-state index in [1.165, 1.54) is 0 Å². The third kappa shape index (κ3) is 5.58. The highest BCUT2D eigenvalue weighted by Crippen LogP contribution is 2.24. The molecule has 0 spiro atoms. The van der Waals surface area contributed by atoms with Crippen molar-refractivity contribution in [3.8, 4) is 0 Å². The molecule has 8 nitrogen and oxygen atoms in total. The van der Waals surface area contributed by atoms with Gasteiger partial charge >= 0.3 is 0 Å². The molecule has 2 aromatic rings. The largest absolute Gasteiger partial charge is 0.476 e. The van der Waals surface area contributed by atoms with Crippen molar-refractivity contribution < 1.29 is 18.9 Å². The molecule has 0 N–H and O–H groups in total. The summed E-state index contributed by atoms with van der Waals surface area (Å²) in [5.41, 5.74) is 3.65. The van der Waals surface area contributed by atoms with E-state index < -0.39 is 0 Å². The van der Waals surface area contributed by atoms with E-state index >= 15 is 0 Å². The Hall–Kier alpha value is -3.68. The Bertz CT molecular complexity index is 1170. The molecule has 0 aliphatic carbocycles. The zero-order valence-electron chi connectivity index (χ0n) is 21.3. The first-order chi connectivity index (χ1) is 17.3. The lowest BCUT2D eigenvalue weighted by atomic mass is 10.1. The van der Waals surface area contributed by atoms with Gasteiger partial charge in [-0.2, -0.15) is 0 Å². The van der Waals surface area contributed by atoms with Crippen molar-refractivity contribution in [2.75, 3.05) is 39.5 Å². The molecular formula is C28H32N4O4. The Kier molecular flexibility index (Phi) is 6.51. The summed E-state index contributed by atoms with van der Waals surface area (Å²) < 4.78 is 22.2. The van der Waals surface area contributed by atoms with Crippen LogP contribution >= 0.6 is 0 Å². The predicted molar refractivity (Wildman–Crippen MR) is 141 cm³/mol. The first-order valence-corrected chi connectivity index (χ1v) is 12.3. The quantitative estimate of drug-likeness (QED) is 0.650. The van der Waals surface area contributed by atoms with Crippen LogP contribution in [-0.4, -0.2) is 74.2 Å². The van der Waals surface area contributed by atoms with Gasteiger partial charge in [0.15, 0.2) is 0 Å². The Labute approximate surface area is 211 Å². The van der Waals surface area contributed by atoms with Gasteiger partial charge in [-0.15, -0.1) is 0 Å². The van der Waals surface area contributed by atoms with Crippen LogP contribution in [0.15, 0.2) is 68.5 Å². The molecule has 8 heteroatoms. The molecule has 36 heavy (non-hydrogen) atoms. The minimum absolute atomic E-state index is 0.144. The van der Waals surface area contributed by atoms with Gasteiger partial charge in [0.25, 0.3) is 0 Å². The number of hydrogen-bond donors (Lipinski definition) is 0. The minimum atomic E-state index is -0.144. The van der Waals surface area contributed by atoms with E-state index in [1.54, 1.807) is 0 Å². The van der Waals surface area contributed by atoms with Crippen molar-refractivity contribution in [3.05, 3.63) is 70.8 Å². The summed E-state index contributed by atoms with van der Waals surface area (Å²) in [6.45, 7) is 12.4. The number of nitrogens with zero attached hydrogens (tertiary/aromatic N) is 4. The number of rotatable bonds is 4. The van der Waals surface area contributed by atoms with E-state index in [0.29, 0.717) is 38.2 Å². The van der Waals surface area contributed by atoms with Crippen LogP contribution < -0.4 is 0 Å². The highest BCUT2D eigenvalue weighted by molar-refractivity contribution is 6.01. The molecule has 0 fully saturated rings. The third-order valence-corrected chi connectivity index (χ3v) is 5.82. The fraction of sp³-hybridized carbons (Fsp3) is 0.429. The number of ether oxygens (including phenoxy) is 4. The lowest BCUT2D eigenvalue weighted by molar-refractivity contribution is 0.279. The van der Waals surface area contributed by atoms with Gasteiger partial charge in [0, 0.05) is 22.3 Å². The molecule has 2 aromatic carbocycles. The van der Waals surface area contributed by atoms with Crippen LogP contribution in [0, 0.1) is 0 Å². The van der Waals surface area contributed by atoms with Crippen molar-refractivity contribution in [3.63, 3.8) is 0 Å². The van der Waals surface area contributed by atoms with Crippen molar-refractivity contribution in [1.29, 1.82) is 0 Å². The van der Waals surface area contributed by atoms with Gasteiger partial charge in [-0.3, -0.25) is 0 Å². The summed E-state index contributed by atoms with van der Waals surface area (Å²) in [6, 6.07) is 16.0. The maximum atomic E-state index is 5.68. The van der Waals surface area contributed by atoms with Gasteiger partial charge in [0.2, 0.25) is 23.6 Å². The van der Waals surface area contributed by atoms with Gasteiger partial charge in [-0.05, 0) is 64.1 Å². The second-order valence-corrected chi connectivity index (χ2v) is 10.3. The topological polar surface area (TPSA) is 86.4 Å². The Morgan fingerprint density at radius 3 is 1.25 bits per heavy atom. The van der Waals surface area contributed by atoms with E-state index in [-0.39, 0.29) is 11.1 Å². The molecule has 0 radical (unpaired) electrons. The molecule has 0 unspecified atom stereocenters. The molecular weight excluding hydrogens is 456 g/mol. The van der Waals surface area contributed by atoms with Crippen LogP contribution in [0.25, 0.3) is 0 Å². The second-order valence-electron chi connectivity index (χ2n) is 10.3. The van der Waals surface area contributed by atoms with Crippen molar-refractivity contribution in [1.82, 2.24) is 0 Å². The molecule has 0 aromatic heterocycles. The highest BCUT2D eigenvalue weighted by Gasteiger charge is 2.29. The summed E-state index contributed by atoms with van der Waals surface area (Å²) >= 11 is 0. The van der Waals surface area contributed by atoms with Crippen LogP contribution in [0.4, 0.5) is 0 Å². The van der Waals surface area contributed by atoms with Gasteiger partial charge in [-0.25, -0.2) is 20.0 Å².